The molecule has 1 heterocycles. The number of benzene rings is 1. The van der Waals surface area contributed by atoms with Crippen molar-refractivity contribution in [3.8, 4) is 5.69 Å². The van der Waals surface area contributed by atoms with Crippen LogP contribution >= 0.6 is 39.1 Å². The highest BCUT2D eigenvalue weighted by Crippen LogP contribution is 2.25. The van der Waals surface area contributed by atoms with Crippen LogP contribution in [0, 0.1) is 6.92 Å². The van der Waals surface area contributed by atoms with Crippen molar-refractivity contribution in [1.29, 1.82) is 0 Å². The summed E-state index contributed by atoms with van der Waals surface area (Å²) in [6.45, 7) is 1.95. The molecule has 0 radical (unpaired) electrons. The Morgan fingerprint density at radius 1 is 1.31 bits per heavy atom. The van der Waals surface area contributed by atoms with Gasteiger partial charge in [-0.05, 0) is 31.2 Å². The van der Waals surface area contributed by atoms with Crippen molar-refractivity contribution in [3.63, 3.8) is 0 Å². The zero-order chi connectivity index (χ0) is 11.7. The minimum absolute atomic E-state index is 0.595. The first-order valence-corrected chi connectivity index (χ1v) is 6.56. The number of rotatable bonds is 2. The van der Waals surface area contributed by atoms with Crippen LogP contribution in [0.25, 0.3) is 5.69 Å². The summed E-state index contributed by atoms with van der Waals surface area (Å²) in [6.07, 6.45) is 0. The van der Waals surface area contributed by atoms with E-state index < -0.39 is 0 Å². The second-order valence-electron chi connectivity index (χ2n) is 3.42. The Labute approximate surface area is 112 Å². The number of aryl methyl sites for hydroxylation is 1. The van der Waals surface area contributed by atoms with Crippen LogP contribution in [0.2, 0.25) is 10.0 Å². The topological polar surface area (TPSA) is 17.8 Å². The Morgan fingerprint density at radius 2 is 2.06 bits per heavy atom. The maximum Gasteiger partial charge on any atom is 0.0836 e. The van der Waals surface area contributed by atoms with E-state index in [-0.39, 0.29) is 0 Å². The van der Waals surface area contributed by atoms with Crippen molar-refractivity contribution in [3.05, 3.63) is 45.7 Å². The Bertz CT molecular complexity index is 523. The number of alkyl halides is 1. The second kappa shape index (κ2) is 4.78. The lowest BCUT2D eigenvalue weighted by Crippen LogP contribution is -2.01. The molecule has 0 aliphatic heterocycles. The second-order valence-corrected chi connectivity index (χ2v) is 4.82. The van der Waals surface area contributed by atoms with Gasteiger partial charge in [0.1, 0.15) is 0 Å². The standard InChI is InChI=1S/C11H9BrCl2N2/c1-7-4-9(6-12)16(15-7)11-3-2-8(13)5-10(11)14/h2-5H,6H2,1H3. The lowest BCUT2D eigenvalue weighted by molar-refractivity contribution is 0.830. The molecule has 0 fully saturated rings. The summed E-state index contributed by atoms with van der Waals surface area (Å²) in [5.41, 5.74) is 2.86. The largest absolute Gasteiger partial charge is 0.235 e. The van der Waals surface area contributed by atoms with E-state index in [1.165, 1.54) is 0 Å². The van der Waals surface area contributed by atoms with E-state index in [9.17, 15) is 0 Å². The number of halogens is 3. The van der Waals surface area contributed by atoms with Crippen molar-refractivity contribution in [2.75, 3.05) is 0 Å². The highest BCUT2D eigenvalue weighted by Gasteiger charge is 2.09. The number of nitrogens with zero attached hydrogens (tertiary/aromatic N) is 2. The lowest BCUT2D eigenvalue weighted by Gasteiger charge is -2.07. The minimum Gasteiger partial charge on any atom is -0.235 e. The summed E-state index contributed by atoms with van der Waals surface area (Å²) < 4.78 is 1.82. The van der Waals surface area contributed by atoms with Crippen molar-refractivity contribution in [2.24, 2.45) is 0 Å². The van der Waals surface area contributed by atoms with Gasteiger partial charge in [-0.2, -0.15) is 5.10 Å². The summed E-state index contributed by atoms with van der Waals surface area (Å²) in [6, 6.07) is 7.40. The molecule has 0 N–H and O–H groups in total. The van der Waals surface area contributed by atoms with Crippen LogP contribution in [-0.4, -0.2) is 9.78 Å². The van der Waals surface area contributed by atoms with Crippen LogP contribution in [0.15, 0.2) is 24.3 Å². The average molecular weight is 320 g/mol. The van der Waals surface area contributed by atoms with Crippen LogP contribution in [0.5, 0.6) is 0 Å². The third-order valence-corrected chi connectivity index (χ3v) is 3.29. The molecular formula is C11H9BrCl2N2. The Kier molecular flexibility index (Phi) is 3.57. The molecule has 0 atom stereocenters. The molecule has 0 saturated carbocycles. The fraction of sp³-hybridized carbons (Fsp3) is 0.182. The first-order valence-electron chi connectivity index (χ1n) is 4.68. The molecule has 1 aromatic carbocycles. The van der Waals surface area contributed by atoms with Crippen molar-refractivity contribution >= 4 is 39.1 Å². The summed E-state index contributed by atoms with van der Waals surface area (Å²) in [5.74, 6) is 0. The number of aromatic nitrogens is 2. The first-order chi connectivity index (χ1) is 7.61. The van der Waals surface area contributed by atoms with E-state index in [0.717, 1.165) is 22.4 Å². The summed E-state index contributed by atoms with van der Waals surface area (Å²) in [4.78, 5) is 0. The molecule has 5 heteroatoms. The molecule has 2 aromatic rings. The predicted molar refractivity (Wildman–Crippen MR) is 71.0 cm³/mol. The molecule has 0 aliphatic carbocycles. The maximum absolute atomic E-state index is 6.14. The summed E-state index contributed by atoms with van der Waals surface area (Å²) in [5, 5.41) is 6.35. The van der Waals surface area contributed by atoms with E-state index in [2.05, 4.69) is 21.0 Å². The van der Waals surface area contributed by atoms with Gasteiger partial charge in [0.15, 0.2) is 0 Å². The Balaban J connectivity index is 2.57. The van der Waals surface area contributed by atoms with Crippen LogP contribution in [-0.2, 0) is 5.33 Å². The average Bonchev–Trinajstić information content (AvgIpc) is 2.59. The van der Waals surface area contributed by atoms with Gasteiger partial charge < -0.3 is 0 Å². The molecule has 0 bridgehead atoms. The molecule has 16 heavy (non-hydrogen) atoms. The van der Waals surface area contributed by atoms with Gasteiger partial charge in [-0.1, -0.05) is 39.1 Å². The van der Waals surface area contributed by atoms with Gasteiger partial charge in [0.2, 0.25) is 0 Å². The van der Waals surface area contributed by atoms with E-state index in [0.29, 0.717) is 10.0 Å². The minimum atomic E-state index is 0.595. The van der Waals surface area contributed by atoms with E-state index in [1.54, 1.807) is 12.1 Å². The van der Waals surface area contributed by atoms with Gasteiger partial charge in [0, 0.05) is 10.4 Å². The van der Waals surface area contributed by atoms with Crippen molar-refractivity contribution in [1.82, 2.24) is 9.78 Å². The van der Waals surface area contributed by atoms with Crippen LogP contribution < -0.4 is 0 Å². The van der Waals surface area contributed by atoms with Gasteiger partial charge in [0.05, 0.1) is 22.1 Å². The third kappa shape index (κ3) is 2.26. The Morgan fingerprint density at radius 3 is 2.69 bits per heavy atom. The molecular weight excluding hydrogens is 311 g/mol. The smallest absolute Gasteiger partial charge is 0.0836 e. The van der Waals surface area contributed by atoms with E-state index in [1.807, 2.05) is 23.7 Å². The monoisotopic (exact) mass is 318 g/mol. The van der Waals surface area contributed by atoms with Gasteiger partial charge in [0.25, 0.3) is 0 Å². The fourth-order valence-electron chi connectivity index (χ4n) is 1.51. The van der Waals surface area contributed by atoms with E-state index in [4.69, 9.17) is 23.2 Å². The lowest BCUT2D eigenvalue weighted by atomic mass is 10.3. The highest BCUT2D eigenvalue weighted by molar-refractivity contribution is 9.08. The summed E-state index contributed by atoms with van der Waals surface area (Å²) >= 11 is 15.4. The number of hydrogen-bond acceptors (Lipinski definition) is 1. The first kappa shape index (κ1) is 12.0. The Hall–Kier alpha value is -0.510. The van der Waals surface area contributed by atoms with E-state index >= 15 is 0 Å². The van der Waals surface area contributed by atoms with Crippen molar-refractivity contribution < 1.29 is 0 Å². The fourth-order valence-corrected chi connectivity index (χ4v) is 2.40. The number of hydrogen-bond donors (Lipinski definition) is 0. The maximum atomic E-state index is 6.14. The predicted octanol–water partition coefficient (Wildman–Crippen LogP) is 4.38. The molecule has 84 valence electrons. The quantitative estimate of drug-likeness (QED) is 0.751. The van der Waals surface area contributed by atoms with Gasteiger partial charge >= 0.3 is 0 Å². The van der Waals surface area contributed by atoms with Crippen LogP contribution in [0.3, 0.4) is 0 Å². The highest BCUT2D eigenvalue weighted by atomic mass is 79.9. The van der Waals surface area contributed by atoms with Gasteiger partial charge in [-0.25, -0.2) is 4.68 Å². The third-order valence-electron chi connectivity index (χ3n) is 2.18. The molecule has 2 nitrogen and oxygen atoms in total. The molecule has 0 spiro atoms. The van der Waals surface area contributed by atoms with Gasteiger partial charge in [-0.15, -0.1) is 0 Å². The molecule has 2 rings (SSSR count). The zero-order valence-electron chi connectivity index (χ0n) is 8.54. The SMILES string of the molecule is Cc1cc(CBr)n(-c2ccc(Cl)cc2Cl)n1. The molecule has 0 unspecified atom stereocenters. The van der Waals surface area contributed by atoms with Gasteiger partial charge in [-0.3, -0.25) is 0 Å². The molecule has 0 saturated heterocycles. The molecule has 0 amide bonds. The zero-order valence-corrected chi connectivity index (χ0v) is 11.6. The van der Waals surface area contributed by atoms with Crippen LogP contribution in [0.1, 0.15) is 11.4 Å². The summed E-state index contributed by atoms with van der Waals surface area (Å²) in [7, 11) is 0. The normalized spacial score (nSPS) is 10.8. The van der Waals surface area contributed by atoms with Crippen LogP contribution in [0.4, 0.5) is 0 Å². The van der Waals surface area contributed by atoms with Crippen molar-refractivity contribution in [2.45, 2.75) is 12.3 Å². The molecule has 0 aliphatic rings. The molecule has 1 aromatic heterocycles.